The van der Waals surface area contributed by atoms with E-state index in [4.69, 9.17) is 17.0 Å². The van der Waals surface area contributed by atoms with Crippen LogP contribution >= 0.6 is 12.2 Å². The predicted molar refractivity (Wildman–Crippen MR) is 119 cm³/mol. The van der Waals surface area contributed by atoms with E-state index in [2.05, 4.69) is 10.6 Å². The molecule has 0 spiro atoms. The second-order valence-electron chi connectivity index (χ2n) is 6.34. The van der Waals surface area contributed by atoms with Crippen LogP contribution in [0.2, 0.25) is 0 Å². The number of benzene rings is 3. The normalized spacial score (nSPS) is 10.3. The lowest BCUT2D eigenvalue weighted by Crippen LogP contribution is -2.38. The van der Waals surface area contributed by atoms with E-state index in [1.54, 1.807) is 6.07 Å². The van der Waals surface area contributed by atoms with Crippen molar-refractivity contribution in [3.05, 3.63) is 100 Å². The smallest absolute Gasteiger partial charge is 0.296 e. The van der Waals surface area contributed by atoms with Crippen LogP contribution in [-0.2, 0) is 4.79 Å². The van der Waals surface area contributed by atoms with E-state index in [0.29, 0.717) is 5.75 Å². The standard InChI is InChI=1S/C22H19N3O4S/c1-29-17-12-13-18(19(14-17)25(27)28)23-22(30)24-21(26)20(15-8-4-2-5-9-15)16-10-6-3-7-11-16/h2-14,20H,1H3,(H2,23,24,26,30). The Bertz CT molecular complexity index is 1020. The van der Waals surface area contributed by atoms with Crippen LogP contribution in [0.15, 0.2) is 78.9 Å². The van der Waals surface area contributed by atoms with Crippen LogP contribution in [-0.4, -0.2) is 23.1 Å². The van der Waals surface area contributed by atoms with Crippen LogP contribution in [0.1, 0.15) is 17.0 Å². The van der Waals surface area contributed by atoms with Crippen molar-refractivity contribution in [2.24, 2.45) is 0 Å². The number of rotatable bonds is 6. The van der Waals surface area contributed by atoms with Gasteiger partial charge in [-0.15, -0.1) is 0 Å². The van der Waals surface area contributed by atoms with Crippen molar-refractivity contribution >= 4 is 34.6 Å². The molecule has 152 valence electrons. The van der Waals surface area contributed by atoms with Gasteiger partial charge in [0.1, 0.15) is 11.4 Å². The molecule has 0 heterocycles. The molecule has 7 nitrogen and oxygen atoms in total. The highest BCUT2D eigenvalue weighted by Gasteiger charge is 2.24. The fraction of sp³-hybridized carbons (Fsp3) is 0.0909. The summed E-state index contributed by atoms with van der Waals surface area (Å²) in [5.74, 6) is -0.588. The highest BCUT2D eigenvalue weighted by molar-refractivity contribution is 7.80. The van der Waals surface area contributed by atoms with Gasteiger partial charge in [-0.2, -0.15) is 0 Å². The summed E-state index contributed by atoms with van der Waals surface area (Å²) in [6.45, 7) is 0. The highest BCUT2D eigenvalue weighted by Crippen LogP contribution is 2.29. The number of anilines is 1. The minimum absolute atomic E-state index is 0.0369. The van der Waals surface area contributed by atoms with Gasteiger partial charge >= 0.3 is 0 Å². The summed E-state index contributed by atoms with van der Waals surface area (Å²) in [5.41, 5.74) is 1.55. The van der Waals surface area contributed by atoms with Gasteiger partial charge in [-0.3, -0.25) is 14.9 Å². The number of hydrogen-bond acceptors (Lipinski definition) is 5. The Kier molecular flexibility index (Phi) is 6.71. The molecule has 0 bridgehead atoms. The maximum Gasteiger partial charge on any atom is 0.296 e. The van der Waals surface area contributed by atoms with E-state index >= 15 is 0 Å². The summed E-state index contributed by atoms with van der Waals surface area (Å²) in [6.07, 6.45) is 0. The lowest BCUT2D eigenvalue weighted by molar-refractivity contribution is -0.384. The van der Waals surface area contributed by atoms with Crippen molar-refractivity contribution in [3.8, 4) is 5.75 Å². The van der Waals surface area contributed by atoms with Gasteiger partial charge in [0.15, 0.2) is 5.11 Å². The van der Waals surface area contributed by atoms with Gasteiger partial charge in [0.25, 0.3) is 5.69 Å². The van der Waals surface area contributed by atoms with E-state index in [1.165, 1.54) is 19.2 Å². The first-order chi connectivity index (χ1) is 14.5. The number of methoxy groups -OCH3 is 1. The number of ether oxygens (including phenoxy) is 1. The molecule has 30 heavy (non-hydrogen) atoms. The Morgan fingerprint density at radius 3 is 2.07 bits per heavy atom. The molecule has 0 saturated heterocycles. The number of nitrogens with zero attached hydrogens (tertiary/aromatic N) is 1. The molecule has 0 radical (unpaired) electrons. The lowest BCUT2D eigenvalue weighted by Gasteiger charge is -2.18. The van der Waals surface area contributed by atoms with Crippen molar-refractivity contribution in [2.75, 3.05) is 12.4 Å². The monoisotopic (exact) mass is 421 g/mol. The van der Waals surface area contributed by atoms with Crippen LogP contribution in [0.25, 0.3) is 0 Å². The molecule has 0 unspecified atom stereocenters. The second kappa shape index (κ2) is 9.62. The molecular weight excluding hydrogens is 402 g/mol. The molecule has 0 aromatic heterocycles. The van der Waals surface area contributed by atoms with Gasteiger partial charge in [-0.25, -0.2) is 0 Å². The van der Waals surface area contributed by atoms with Crippen LogP contribution in [0.5, 0.6) is 5.75 Å². The van der Waals surface area contributed by atoms with E-state index in [-0.39, 0.29) is 22.4 Å². The average molecular weight is 421 g/mol. The quantitative estimate of drug-likeness (QED) is 0.351. The number of thiocarbonyl (C=S) groups is 1. The van der Waals surface area contributed by atoms with Gasteiger partial charge in [0.2, 0.25) is 5.91 Å². The molecule has 2 N–H and O–H groups in total. The van der Waals surface area contributed by atoms with Crippen molar-refractivity contribution in [2.45, 2.75) is 5.92 Å². The highest BCUT2D eigenvalue weighted by atomic mass is 32.1. The largest absolute Gasteiger partial charge is 0.496 e. The molecule has 3 rings (SSSR count). The van der Waals surface area contributed by atoms with Gasteiger partial charge in [-0.1, -0.05) is 60.7 Å². The molecule has 3 aromatic carbocycles. The fourth-order valence-electron chi connectivity index (χ4n) is 3.02. The Balaban J connectivity index is 1.81. The van der Waals surface area contributed by atoms with Gasteiger partial charge in [-0.05, 0) is 35.5 Å². The molecule has 8 heteroatoms. The van der Waals surface area contributed by atoms with E-state index in [0.717, 1.165) is 11.1 Å². The maximum atomic E-state index is 13.1. The van der Waals surface area contributed by atoms with Gasteiger partial charge < -0.3 is 15.4 Å². The zero-order valence-electron chi connectivity index (χ0n) is 16.1. The molecule has 0 aliphatic heterocycles. The van der Waals surface area contributed by atoms with Gasteiger partial charge in [0, 0.05) is 0 Å². The first-order valence-electron chi connectivity index (χ1n) is 9.03. The minimum Gasteiger partial charge on any atom is -0.496 e. The number of nitrogens with one attached hydrogen (secondary N) is 2. The predicted octanol–water partition coefficient (Wildman–Crippen LogP) is 4.25. The fourth-order valence-corrected chi connectivity index (χ4v) is 3.23. The number of amides is 1. The number of hydrogen-bond donors (Lipinski definition) is 2. The third kappa shape index (κ3) is 4.98. The van der Waals surface area contributed by atoms with Crippen LogP contribution < -0.4 is 15.4 Å². The summed E-state index contributed by atoms with van der Waals surface area (Å²) in [4.78, 5) is 23.9. The molecule has 0 saturated carbocycles. The molecule has 1 amide bonds. The van der Waals surface area contributed by atoms with E-state index < -0.39 is 10.8 Å². The molecule has 0 aliphatic carbocycles. The molecular formula is C22H19N3O4S. The SMILES string of the molecule is COc1ccc(NC(=S)NC(=O)C(c2ccccc2)c2ccccc2)c([N+](=O)[O-])c1. The van der Waals surface area contributed by atoms with Crippen molar-refractivity contribution < 1.29 is 14.5 Å². The summed E-state index contributed by atoms with van der Waals surface area (Å²) >= 11 is 5.24. The van der Waals surface area contributed by atoms with Crippen LogP contribution in [0, 0.1) is 10.1 Å². The summed E-state index contributed by atoms with van der Waals surface area (Å²) in [6, 6.07) is 22.9. The first-order valence-corrected chi connectivity index (χ1v) is 9.44. The molecule has 3 aromatic rings. The van der Waals surface area contributed by atoms with Crippen molar-refractivity contribution in [1.82, 2.24) is 5.32 Å². The number of nitro groups is 1. The van der Waals surface area contributed by atoms with E-state index in [1.807, 2.05) is 60.7 Å². The number of carbonyl (C=O) groups is 1. The Morgan fingerprint density at radius 1 is 1.00 bits per heavy atom. The van der Waals surface area contributed by atoms with Crippen molar-refractivity contribution in [1.29, 1.82) is 0 Å². The van der Waals surface area contributed by atoms with Crippen LogP contribution in [0.3, 0.4) is 0 Å². The topological polar surface area (TPSA) is 93.5 Å². The maximum absolute atomic E-state index is 13.1. The van der Waals surface area contributed by atoms with Crippen LogP contribution in [0.4, 0.5) is 11.4 Å². The van der Waals surface area contributed by atoms with Gasteiger partial charge in [0.05, 0.1) is 24.0 Å². The number of nitro benzene ring substituents is 1. The minimum atomic E-state index is -0.585. The Labute approximate surface area is 178 Å². The number of carbonyl (C=O) groups excluding carboxylic acids is 1. The zero-order valence-corrected chi connectivity index (χ0v) is 16.9. The Hall–Kier alpha value is -3.78. The molecule has 0 aliphatic rings. The Morgan fingerprint density at radius 2 is 1.57 bits per heavy atom. The summed E-state index contributed by atoms with van der Waals surface area (Å²) in [7, 11) is 1.42. The molecule has 0 atom stereocenters. The first kappa shape index (κ1) is 20.9. The average Bonchev–Trinajstić information content (AvgIpc) is 2.75. The third-order valence-corrected chi connectivity index (χ3v) is 4.62. The summed E-state index contributed by atoms with van der Waals surface area (Å²) < 4.78 is 5.02. The second-order valence-corrected chi connectivity index (χ2v) is 6.75. The lowest BCUT2D eigenvalue weighted by atomic mass is 9.90. The summed E-state index contributed by atoms with van der Waals surface area (Å²) in [5, 5.41) is 16.7. The molecule has 0 fully saturated rings. The zero-order chi connectivity index (χ0) is 21.5. The third-order valence-electron chi connectivity index (χ3n) is 4.41. The van der Waals surface area contributed by atoms with Crippen molar-refractivity contribution in [3.63, 3.8) is 0 Å². The van der Waals surface area contributed by atoms with E-state index in [9.17, 15) is 14.9 Å².